The monoisotopic (exact) mass is 291 g/mol. The summed E-state index contributed by atoms with van der Waals surface area (Å²) in [7, 11) is 0. The number of halogens is 2. The molecular weight excluding hydrogens is 261 g/mol. The van der Waals surface area contributed by atoms with Crippen molar-refractivity contribution in [2.75, 3.05) is 5.88 Å². The van der Waals surface area contributed by atoms with Gasteiger partial charge in [-0.05, 0) is 37.3 Å². The highest BCUT2D eigenvalue weighted by molar-refractivity contribution is 6.19. The molecule has 3 heteroatoms. The Hall–Kier alpha value is -0.340. The van der Waals surface area contributed by atoms with Crippen molar-refractivity contribution in [2.24, 2.45) is 11.7 Å². The van der Waals surface area contributed by atoms with Crippen LogP contribution in [0.25, 0.3) is 0 Å². The van der Waals surface area contributed by atoms with Crippen molar-refractivity contribution >= 4 is 11.6 Å². The van der Waals surface area contributed by atoms with Gasteiger partial charge in [-0.1, -0.05) is 46.6 Å². The first kappa shape index (κ1) is 21.0. The van der Waals surface area contributed by atoms with Crippen LogP contribution in [0, 0.1) is 5.92 Å². The summed E-state index contributed by atoms with van der Waals surface area (Å²) >= 11 is 5.49. The topological polar surface area (TPSA) is 26.0 Å². The van der Waals surface area contributed by atoms with Crippen LogP contribution >= 0.6 is 11.6 Å². The number of allylic oxidation sites excluding steroid dienone is 4. The van der Waals surface area contributed by atoms with Gasteiger partial charge in [0.15, 0.2) is 0 Å². The minimum absolute atomic E-state index is 0.145. The van der Waals surface area contributed by atoms with Crippen molar-refractivity contribution in [1.82, 2.24) is 0 Å². The van der Waals surface area contributed by atoms with E-state index in [9.17, 15) is 4.39 Å². The second-order valence-electron chi connectivity index (χ2n) is 4.71. The number of unbranched alkanes of at least 4 members (excludes halogenated alkanes) is 1. The highest BCUT2D eigenvalue weighted by Crippen LogP contribution is 2.23. The Kier molecular flexibility index (Phi) is 15.5. The number of nitrogens with two attached hydrogens (primary N) is 1. The third kappa shape index (κ3) is 12.4. The van der Waals surface area contributed by atoms with Gasteiger partial charge in [0, 0.05) is 11.9 Å². The molecule has 19 heavy (non-hydrogen) atoms. The molecule has 0 spiro atoms. The van der Waals surface area contributed by atoms with Crippen LogP contribution in [0.1, 0.15) is 60.3 Å². The summed E-state index contributed by atoms with van der Waals surface area (Å²) in [5.74, 6) is 0.577. The average molecular weight is 292 g/mol. The maximum Gasteiger partial charge on any atom is 0.123 e. The molecule has 2 unspecified atom stereocenters. The number of hydrogen-bond acceptors (Lipinski definition) is 1. The Balaban J connectivity index is 0. The molecule has 1 aliphatic rings. The van der Waals surface area contributed by atoms with E-state index < -0.39 is 0 Å². The van der Waals surface area contributed by atoms with E-state index in [1.165, 1.54) is 19.3 Å². The fourth-order valence-electron chi connectivity index (χ4n) is 1.55. The zero-order valence-corrected chi connectivity index (χ0v) is 13.9. The zero-order chi connectivity index (χ0) is 15.3. The summed E-state index contributed by atoms with van der Waals surface area (Å²) in [5.41, 5.74) is 6.12. The molecule has 0 aromatic carbocycles. The lowest BCUT2D eigenvalue weighted by molar-refractivity contribution is 0.608. The van der Waals surface area contributed by atoms with E-state index in [-0.39, 0.29) is 11.7 Å². The fourth-order valence-corrected chi connectivity index (χ4v) is 1.76. The molecule has 1 nitrogen and oxygen atoms in total. The Bertz CT molecular complexity index is 259. The van der Waals surface area contributed by atoms with Gasteiger partial charge in [0.25, 0.3) is 0 Å². The Morgan fingerprint density at radius 3 is 2.37 bits per heavy atom. The van der Waals surface area contributed by atoms with Crippen LogP contribution in [0.4, 0.5) is 4.39 Å². The summed E-state index contributed by atoms with van der Waals surface area (Å²) in [6.45, 7) is 10.3. The predicted octanol–water partition coefficient (Wildman–Crippen LogP) is 5.59. The standard InChI is InChI=1S/C8H10ClF.C6H15N.C2H6/c1-6-2-3-8(10)7(4-6)5-9;1-3-4-5-6(2)7;1-2/h3-4,6H,2,5H2,1H3;6H,3-5,7H2,1-2H3;1-2H3. The van der Waals surface area contributed by atoms with E-state index in [0.717, 1.165) is 6.42 Å². The molecule has 0 heterocycles. The van der Waals surface area contributed by atoms with E-state index in [0.29, 0.717) is 17.5 Å². The number of rotatable bonds is 4. The molecule has 1 aliphatic carbocycles. The summed E-state index contributed by atoms with van der Waals surface area (Å²) in [6, 6.07) is 0.403. The van der Waals surface area contributed by atoms with Crippen LogP contribution in [0.15, 0.2) is 23.6 Å². The van der Waals surface area contributed by atoms with Gasteiger partial charge in [-0.3, -0.25) is 0 Å². The van der Waals surface area contributed by atoms with E-state index in [1.54, 1.807) is 6.08 Å². The van der Waals surface area contributed by atoms with E-state index >= 15 is 0 Å². The van der Waals surface area contributed by atoms with Crippen molar-refractivity contribution in [3.8, 4) is 0 Å². The van der Waals surface area contributed by atoms with Crippen molar-refractivity contribution in [3.63, 3.8) is 0 Å². The largest absolute Gasteiger partial charge is 0.328 e. The highest BCUT2D eigenvalue weighted by Gasteiger charge is 2.10. The van der Waals surface area contributed by atoms with Gasteiger partial charge in [-0.15, -0.1) is 11.6 Å². The van der Waals surface area contributed by atoms with Crippen LogP contribution in [0.3, 0.4) is 0 Å². The smallest absolute Gasteiger partial charge is 0.123 e. The molecule has 0 saturated carbocycles. The molecule has 1 rings (SSSR count). The van der Waals surface area contributed by atoms with Crippen molar-refractivity contribution < 1.29 is 4.39 Å². The van der Waals surface area contributed by atoms with Gasteiger partial charge in [-0.2, -0.15) is 0 Å². The first-order chi connectivity index (χ1) is 9.01. The summed E-state index contributed by atoms with van der Waals surface area (Å²) < 4.78 is 12.7. The van der Waals surface area contributed by atoms with Crippen molar-refractivity contribution in [2.45, 2.75) is 66.3 Å². The SMILES string of the molecule is CC.CC1C=C(CCl)C(F)=CC1.CCCCC(C)N. The van der Waals surface area contributed by atoms with Gasteiger partial charge in [0.2, 0.25) is 0 Å². The molecule has 0 saturated heterocycles. The van der Waals surface area contributed by atoms with E-state index in [2.05, 4.69) is 20.8 Å². The Labute approximate surface area is 124 Å². The molecule has 114 valence electrons. The fraction of sp³-hybridized carbons (Fsp3) is 0.750. The van der Waals surface area contributed by atoms with Gasteiger partial charge < -0.3 is 5.73 Å². The normalized spacial score (nSPS) is 19.1. The maximum atomic E-state index is 12.7. The minimum atomic E-state index is -0.145. The molecule has 0 radical (unpaired) electrons. The summed E-state index contributed by atoms with van der Waals surface area (Å²) in [4.78, 5) is 0. The summed E-state index contributed by atoms with van der Waals surface area (Å²) in [5, 5.41) is 0. The molecule has 0 aromatic rings. The average Bonchev–Trinajstić information content (AvgIpc) is 2.42. The lowest BCUT2D eigenvalue weighted by Crippen LogP contribution is -2.13. The molecule has 0 aromatic heterocycles. The lowest BCUT2D eigenvalue weighted by Gasteiger charge is -2.11. The van der Waals surface area contributed by atoms with Gasteiger partial charge >= 0.3 is 0 Å². The number of hydrogen-bond donors (Lipinski definition) is 1. The second kappa shape index (κ2) is 14.1. The lowest BCUT2D eigenvalue weighted by atomic mass is 9.98. The predicted molar refractivity (Wildman–Crippen MR) is 86.3 cm³/mol. The number of alkyl halides is 1. The van der Waals surface area contributed by atoms with Gasteiger partial charge in [-0.25, -0.2) is 4.39 Å². The Morgan fingerprint density at radius 2 is 2.05 bits per heavy atom. The van der Waals surface area contributed by atoms with E-state index in [4.69, 9.17) is 17.3 Å². The van der Waals surface area contributed by atoms with Crippen LogP contribution in [0.2, 0.25) is 0 Å². The molecule has 0 bridgehead atoms. The molecule has 2 N–H and O–H groups in total. The minimum Gasteiger partial charge on any atom is -0.328 e. The van der Waals surface area contributed by atoms with Crippen LogP contribution in [-0.2, 0) is 0 Å². The van der Waals surface area contributed by atoms with Crippen LogP contribution < -0.4 is 5.73 Å². The first-order valence-corrected chi connectivity index (χ1v) is 7.92. The van der Waals surface area contributed by atoms with Gasteiger partial charge in [0.05, 0.1) is 0 Å². The third-order valence-electron chi connectivity index (χ3n) is 2.62. The molecule has 0 aliphatic heterocycles. The van der Waals surface area contributed by atoms with E-state index in [1.807, 2.05) is 19.9 Å². The zero-order valence-electron chi connectivity index (χ0n) is 13.2. The Morgan fingerprint density at radius 1 is 1.47 bits per heavy atom. The molecular formula is C16H31ClFN. The molecule has 2 atom stereocenters. The summed E-state index contributed by atoms with van der Waals surface area (Å²) in [6.07, 6.45) is 8.01. The van der Waals surface area contributed by atoms with Crippen molar-refractivity contribution in [3.05, 3.63) is 23.6 Å². The third-order valence-corrected chi connectivity index (χ3v) is 2.91. The van der Waals surface area contributed by atoms with Crippen LogP contribution in [-0.4, -0.2) is 11.9 Å². The first-order valence-electron chi connectivity index (χ1n) is 7.39. The second-order valence-corrected chi connectivity index (χ2v) is 4.98. The van der Waals surface area contributed by atoms with Crippen LogP contribution in [0.5, 0.6) is 0 Å². The van der Waals surface area contributed by atoms with Crippen molar-refractivity contribution in [1.29, 1.82) is 0 Å². The van der Waals surface area contributed by atoms with Gasteiger partial charge in [0.1, 0.15) is 5.83 Å². The molecule has 0 fully saturated rings. The maximum absolute atomic E-state index is 12.7. The highest BCUT2D eigenvalue weighted by atomic mass is 35.5. The quantitative estimate of drug-likeness (QED) is 0.671. The molecule has 0 amide bonds.